The normalized spacial score (nSPS) is 12.2. The van der Waals surface area contributed by atoms with Gasteiger partial charge in [0, 0.05) is 4.88 Å². The van der Waals surface area contributed by atoms with E-state index in [0.29, 0.717) is 12.5 Å². The third-order valence-electron chi connectivity index (χ3n) is 3.00. The second kappa shape index (κ2) is 6.17. The van der Waals surface area contributed by atoms with Crippen molar-refractivity contribution in [2.24, 2.45) is 0 Å². The van der Waals surface area contributed by atoms with Gasteiger partial charge in [-0.05, 0) is 34.6 Å². The van der Waals surface area contributed by atoms with E-state index in [1.807, 2.05) is 27.7 Å². The first-order valence-electron chi connectivity index (χ1n) is 6.67. The van der Waals surface area contributed by atoms with E-state index in [-0.39, 0.29) is 6.04 Å². The van der Waals surface area contributed by atoms with Crippen molar-refractivity contribution in [1.82, 2.24) is 15.0 Å². The van der Waals surface area contributed by atoms with E-state index in [0.717, 1.165) is 22.1 Å². The highest BCUT2D eigenvalue weighted by atomic mass is 32.1. The van der Waals surface area contributed by atoms with Crippen molar-refractivity contribution < 1.29 is 4.74 Å². The van der Waals surface area contributed by atoms with Crippen molar-refractivity contribution in [3.63, 3.8) is 0 Å². The van der Waals surface area contributed by atoms with Gasteiger partial charge in [0.25, 0.3) is 0 Å². The molecule has 2 aromatic heterocycles. The Balaban J connectivity index is 2.21. The van der Waals surface area contributed by atoms with Gasteiger partial charge in [-0.25, -0.2) is 15.0 Å². The van der Waals surface area contributed by atoms with Crippen LogP contribution in [0.2, 0.25) is 0 Å². The van der Waals surface area contributed by atoms with E-state index < -0.39 is 0 Å². The van der Waals surface area contributed by atoms with Crippen LogP contribution in [0.3, 0.4) is 0 Å². The monoisotopic (exact) mass is 292 g/mol. The lowest BCUT2D eigenvalue weighted by molar-refractivity contribution is 0.324. The third-order valence-corrected chi connectivity index (χ3v) is 4.26. The van der Waals surface area contributed by atoms with Crippen LogP contribution in [0.15, 0.2) is 6.33 Å². The van der Waals surface area contributed by atoms with Crippen molar-refractivity contribution in [3.05, 3.63) is 27.5 Å². The standard InChI is InChI=1S/C14H20N4OS/c1-6-19-14-8(2)13(15-7-16-14)18-10(4)12-9(3)17-11(5)20-12/h7,10H,6H2,1-5H3,(H,15,16,18). The second-order valence-corrected chi connectivity index (χ2v) is 5.87. The van der Waals surface area contributed by atoms with Crippen LogP contribution in [0.4, 0.5) is 5.82 Å². The Hall–Kier alpha value is -1.69. The molecule has 1 atom stereocenters. The van der Waals surface area contributed by atoms with Gasteiger partial charge >= 0.3 is 0 Å². The molecular weight excluding hydrogens is 272 g/mol. The fraction of sp³-hybridized carbons (Fsp3) is 0.500. The number of hydrogen-bond donors (Lipinski definition) is 1. The molecule has 0 spiro atoms. The molecule has 5 nitrogen and oxygen atoms in total. The summed E-state index contributed by atoms with van der Waals surface area (Å²) in [6, 6.07) is 0.157. The predicted octanol–water partition coefficient (Wildman–Crippen LogP) is 3.43. The summed E-state index contributed by atoms with van der Waals surface area (Å²) >= 11 is 1.71. The average Bonchev–Trinajstić information content (AvgIpc) is 2.73. The van der Waals surface area contributed by atoms with Crippen molar-refractivity contribution in [3.8, 4) is 5.88 Å². The molecule has 0 saturated heterocycles. The largest absolute Gasteiger partial charge is 0.478 e. The minimum atomic E-state index is 0.157. The molecule has 0 aliphatic carbocycles. The molecule has 0 aliphatic rings. The molecular formula is C14H20N4OS. The van der Waals surface area contributed by atoms with Crippen LogP contribution >= 0.6 is 11.3 Å². The highest BCUT2D eigenvalue weighted by molar-refractivity contribution is 7.11. The van der Waals surface area contributed by atoms with Gasteiger partial charge in [0.2, 0.25) is 5.88 Å². The Morgan fingerprint density at radius 2 is 2.05 bits per heavy atom. The summed E-state index contributed by atoms with van der Waals surface area (Å²) in [6.45, 7) is 10.7. The molecule has 2 rings (SSSR count). The van der Waals surface area contributed by atoms with Crippen LogP contribution in [0.1, 0.15) is 41.0 Å². The molecule has 0 bridgehead atoms. The maximum Gasteiger partial charge on any atom is 0.221 e. The van der Waals surface area contributed by atoms with Crippen LogP contribution in [0.25, 0.3) is 0 Å². The number of aromatic nitrogens is 3. The van der Waals surface area contributed by atoms with Crippen LogP contribution in [0.5, 0.6) is 5.88 Å². The molecule has 108 valence electrons. The Kier molecular flexibility index (Phi) is 4.54. The summed E-state index contributed by atoms with van der Waals surface area (Å²) in [5.74, 6) is 1.44. The van der Waals surface area contributed by atoms with Gasteiger partial charge < -0.3 is 10.1 Å². The van der Waals surface area contributed by atoms with Gasteiger partial charge in [-0.15, -0.1) is 11.3 Å². The summed E-state index contributed by atoms with van der Waals surface area (Å²) in [5, 5.41) is 4.50. The van der Waals surface area contributed by atoms with Gasteiger partial charge in [0.05, 0.1) is 28.9 Å². The van der Waals surface area contributed by atoms with Crippen LogP contribution in [0, 0.1) is 20.8 Å². The Morgan fingerprint density at radius 1 is 1.30 bits per heavy atom. The summed E-state index contributed by atoms with van der Waals surface area (Å²) in [6.07, 6.45) is 1.53. The number of thiazole rings is 1. The first kappa shape index (κ1) is 14.7. The molecule has 0 aliphatic heterocycles. The fourth-order valence-electron chi connectivity index (χ4n) is 2.08. The molecule has 20 heavy (non-hydrogen) atoms. The first-order chi connectivity index (χ1) is 9.52. The Labute approximate surface area is 123 Å². The molecule has 0 radical (unpaired) electrons. The van der Waals surface area contributed by atoms with Crippen molar-refractivity contribution in [1.29, 1.82) is 0 Å². The topological polar surface area (TPSA) is 59.9 Å². The van der Waals surface area contributed by atoms with E-state index >= 15 is 0 Å². The van der Waals surface area contributed by atoms with E-state index in [1.165, 1.54) is 11.2 Å². The number of nitrogens with zero attached hydrogens (tertiary/aromatic N) is 3. The first-order valence-corrected chi connectivity index (χ1v) is 7.49. The summed E-state index contributed by atoms with van der Waals surface area (Å²) < 4.78 is 5.49. The molecule has 0 saturated carbocycles. The predicted molar refractivity (Wildman–Crippen MR) is 81.6 cm³/mol. The van der Waals surface area contributed by atoms with Crippen LogP contribution in [-0.4, -0.2) is 21.6 Å². The smallest absolute Gasteiger partial charge is 0.221 e. The van der Waals surface area contributed by atoms with Crippen molar-refractivity contribution in [2.75, 3.05) is 11.9 Å². The minimum absolute atomic E-state index is 0.157. The maximum absolute atomic E-state index is 5.49. The lowest BCUT2D eigenvalue weighted by Gasteiger charge is -2.16. The molecule has 6 heteroatoms. The lowest BCUT2D eigenvalue weighted by Crippen LogP contribution is -2.10. The maximum atomic E-state index is 5.49. The van der Waals surface area contributed by atoms with E-state index in [9.17, 15) is 0 Å². The van der Waals surface area contributed by atoms with Gasteiger partial charge in [-0.1, -0.05) is 0 Å². The quantitative estimate of drug-likeness (QED) is 0.915. The van der Waals surface area contributed by atoms with Gasteiger partial charge in [-0.2, -0.15) is 0 Å². The number of aryl methyl sites for hydroxylation is 2. The van der Waals surface area contributed by atoms with Gasteiger partial charge in [0.1, 0.15) is 12.1 Å². The van der Waals surface area contributed by atoms with Crippen molar-refractivity contribution >= 4 is 17.2 Å². The number of nitrogens with one attached hydrogen (secondary N) is 1. The van der Waals surface area contributed by atoms with Gasteiger partial charge in [0.15, 0.2) is 0 Å². The highest BCUT2D eigenvalue weighted by Gasteiger charge is 2.15. The number of rotatable bonds is 5. The Bertz CT molecular complexity index is 597. The zero-order valence-corrected chi connectivity index (χ0v) is 13.3. The zero-order chi connectivity index (χ0) is 14.7. The average molecular weight is 292 g/mol. The second-order valence-electron chi connectivity index (χ2n) is 4.63. The summed E-state index contributed by atoms with van der Waals surface area (Å²) in [5.41, 5.74) is 2.00. The van der Waals surface area contributed by atoms with Crippen molar-refractivity contribution in [2.45, 2.75) is 40.7 Å². The number of anilines is 1. The van der Waals surface area contributed by atoms with Crippen LogP contribution in [-0.2, 0) is 0 Å². The molecule has 0 aromatic carbocycles. The molecule has 2 aromatic rings. The molecule has 2 heterocycles. The molecule has 0 fully saturated rings. The SMILES string of the molecule is CCOc1ncnc(NC(C)c2sc(C)nc2C)c1C. The third kappa shape index (κ3) is 3.07. The highest BCUT2D eigenvalue weighted by Crippen LogP contribution is 2.29. The number of ether oxygens (including phenoxy) is 1. The van der Waals surface area contributed by atoms with Gasteiger partial charge in [-0.3, -0.25) is 0 Å². The lowest BCUT2D eigenvalue weighted by atomic mass is 10.2. The van der Waals surface area contributed by atoms with E-state index in [1.54, 1.807) is 11.3 Å². The fourth-order valence-corrected chi connectivity index (χ4v) is 3.01. The molecule has 1 N–H and O–H groups in total. The van der Waals surface area contributed by atoms with E-state index in [2.05, 4.69) is 27.2 Å². The number of hydrogen-bond acceptors (Lipinski definition) is 6. The minimum Gasteiger partial charge on any atom is -0.478 e. The summed E-state index contributed by atoms with van der Waals surface area (Å²) in [4.78, 5) is 14.2. The summed E-state index contributed by atoms with van der Waals surface area (Å²) in [7, 11) is 0. The molecule has 1 unspecified atom stereocenters. The zero-order valence-electron chi connectivity index (χ0n) is 12.5. The van der Waals surface area contributed by atoms with E-state index in [4.69, 9.17) is 4.74 Å². The van der Waals surface area contributed by atoms with Crippen LogP contribution < -0.4 is 10.1 Å². The molecule has 0 amide bonds. The Morgan fingerprint density at radius 3 is 2.65 bits per heavy atom.